The number of hydrogen-bond acceptors (Lipinski definition) is 5. The smallest absolute Gasteiger partial charge is 0.254 e. The number of hydrogen-bond donors (Lipinski definition) is 2. The minimum absolute atomic E-state index is 0.0407. The molecule has 0 radical (unpaired) electrons. The molecule has 1 saturated carbocycles. The number of nitrogens with two attached hydrogens (primary N) is 1. The van der Waals surface area contributed by atoms with E-state index in [4.69, 9.17) is 5.73 Å². The van der Waals surface area contributed by atoms with Gasteiger partial charge in [-0.25, -0.2) is 0 Å². The molecule has 9 heteroatoms. The van der Waals surface area contributed by atoms with Crippen molar-refractivity contribution >= 4 is 40.1 Å². The van der Waals surface area contributed by atoms with Crippen LogP contribution in [0.15, 0.2) is 91.0 Å². The number of benzene rings is 4. The number of carbonyl (C=O) groups is 4. The second kappa shape index (κ2) is 13.4. The molecule has 4 aromatic carbocycles. The van der Waals surface area contributed by atoms with Crippen molar-refractivity contribution in [3.05, 3.63) is 113 Å². The Morgan fingerprint density at radius 3 is 2.36 bits per heavy atom. The molecule has 0 aromatic heterocycles. The first-order valence-corrected chi connectivity index (χ1v) is 16.2. The summed E-state index contributed by atoms with van der Waals surface area (Å²) in [7, 11) is 3.79. The average Bonchev–Trinajstić information content (AvgIpc) is 3.89. The van der Waals surface area contributed by atoms with E-state index < -0.39 is 11.3 Å². The molecule has 4 amide bonds. The molecule has 0 bridgehead atoms. The van der Waals surface area contributed by atoms with Crippen LogP contribution in [-0.4, -0.2) is 78.6 Å². The Bertz CT molecular complexity index is 1810. The Hall–Kier alpha value is -5.02. The van der Waals surface area contributed by atoms with Gasteiger partial charge in [0.05, 0.1) is 18.0 Å². The average molecular weight is 632 g/mol. The van der Waals surface area contributed by atoms with Crippen molar-refractivity contribution in [1.82, 2.24) is 14.7 Å². The Kier molecular flexibility index (Phi) is 9.09. The Balaban J connectivity index is 1.29. The van der Waals surface area contributed by atoms with Crippen LogP contribution in [0.2, 0.25) is 0 Å². The van der Waals surface area contributed by atoms with E-state index >= 15 is 0 Å². The summed E-state index contributed by atoms with van der Waals surface area (Å²) in [5.41, 5.74) is 8.90. The SMILES string of the molecule is CN(C)CCN(CC(N)=O)C(=O)CCN1C(=O)c2cc(NC(=O)C3(c4ccccc4)CC3)ccc2CC1c1cccc2ccccc12. The van der Waals surface area contributed by atoms with Crippen LogP contribution in [0.5, 0.6) is 0 Å². The van der Waals surface area contributed by atoms with E-state index in [0.717, 1.165) is 40.3 Å². The van der Waals surface area contributed by atoms with E-state index in [1.165, 1.54) is 4.90 Å². The predicted octanol–water partition coefficient (Wildman–Crippen LogP) is 4.52. The van der Waals surface area contributed by atoms with Crippen LogP contribution in [0.3, 0.4) is 0 Å². The van der Waals surface area contributed by atoms with E-state index in [-0.39, 0.29) is 43.3 Å². The summed E-state index contributed by atoms with van der Waals surface area (Å²) < 4.78 is 0. The van der Waals surface area contributed by atoms with E-state index in [9.17, 15) is 19.2 Å². The van der Waals surface area contributed by atoms with Gasteiger partial charge in [0.25, 0.3) is 5.91 Å². The standard InChI is InChI=1S/C38H41N5O4/c1-41(2)21-22-42(25-34(39)44)35(45)17-20-43-33(31-14-8-10-26-9-6-7-13-30(26)31)23-27-15-16-29(24-32(27)36(43)46)40-37(47)38(18-19-38)28-11-4-3-5-12-28/h3-16,24,33H,17-23,25H2,1-2H3,(H2,39,44)(H,40,47). The van der Waals surface area contributed by atoms with Gasteiger partial charge in [-0.05, 0) is 73.0 Å². The minimum Gasteiger partial charge on any atom is -0.368 e. The number of primary amides is 1. The van der Waals surface area contributed by atoms with E-state index in [0.29, 0.717) is 30.8 Å². The van der Waals surface area contributed by atoms with Crippen LogP contribution in [0.25, 0.3) is 10.8 Å². The summed E-state index contributed by atoms with van der Waals surface area (Å²) in [5, 5.41) is 5.20. The van der Waals surface area contributed by atoms with E-state index in [2.05, 4.69) is 23.5 Å². The molecule has 1 aliphatic heterocycles. The molecule has 1 aliphatic carbocycles. The topological polar surface area (TPSA) is 116 Å². The number of nitrogens with one attached hydrogen (secondary N) is 1. The lowest BCUT2D eigenvalue weighted by atomic mass is 9.86. The maximum atomic E-state index is 14.4. The lowest BCUT2D eigenvalue weighted by Gasteiger charge is -2.38. The fraction of sp³-hybridized carbons (Fsp3) is 0.316. The lowest BCUT2D eigenvalue weighted by molar-refractivity contribution is -0.135. The number of anilines is 1. The molecule has 4 aromatic rings. The zero-order chi connectivity index (χ0) is 33.1. The number of fused-ring (bicyclic) bond motifs is 2. The van der Waals surface area contributed by atoms with Gasteiger partial charge in [-0.2, -0.15) is 0 Å². The second-order valence-corrected chi connectivity index (χ2v) is 12.9. The number of likely N-dealkylation sites (N-methyl/N-ethyl adjacent to an activating group) is 1. The van der Waals surface area contributed by atoms with Gasteiger partial charge in [-0.15, -0.1) is 0 Å². The minimum atomic E-state index is -0.580. The third-order valence-corrected chi connectivity index (χ3v) is 9.42. The summed E-state index contributed by atoms with van der Waals surface area (Å²) in [6, 6.07) is 29.2. The highest BCUT2D eigenvalue weighted by Gasteiger charge is 2.51. The molecule has 0 saturated heterocycles. The highest BCUT2D eigenvalue weighted by Crippen LogP contribution is 2.49. The molecule has 2 aliphatic rings. The van der Waals surface area contributed by atoms with Gasteiger partial charge >= 0.3 is 0 Å². The van der Waals surface area contributed by atoms with Crippen molar-refractivity contribution < 1.29 is 19.2 Å². The van der Waals surface area contributed by atoms with Crippen molar-refractivity contribution in [2.24, 2.45) is 5.73 Å². The summed E-state index contributed by atoms with van der Waals surface area (Å²) in [5.74, 6) is -1.09. The van der Waals surface area contributed by atoms with Crippen molar-refractivity contribution in [2.75, 3.05) is 45.6 Å². The highest BCUT2D eigenvalue weighted by atomic mass is 16.2. The van der Waals surface area contributed by atoms with Gasteiger partial charge in [0.2, 0.25) is 17.7 Å². The van der Waals surface area contributed by atoms with Crippen LogP contribution < -0.4 is 11.1 Å². The maximum Gasteiger partial charge on any atom is 0.254 e. The van der Waals surface area contributed by atoms with Gasteiger partial charge in [0.1, 0.15) is 0 Å². The third-order valence-electron chi connectivity index (χ3n) is 9.42. The summed E-state index contributed by atoms with van der Waals surface area (Å²) >= 11 is 0. The zero-order valence-corrected chi connectivity index (χ0v) is 26.9. The second-order valence-electron chi connectivity index (χ2n) is 12.9. The number of rotatable bonds is 12. The molecule has 242 valence electrons. The van der Waals surface area contributed by atoms with Crippen LogP contribution in [0, 0.1) is 0 Å². The fourth-order valence-corrected chi connectivity index (χ4v) is 6.68. The van der Waals surface area contributed by atoms with Crippen molar-refractivity contribution in [2.45, 2.75) is 37.1 Å². The normalized spacial score (nSPS) is 16.5. The molecule has 1 atom stereocenters. The maximum absolute atomic E-state index is 14.4. The molecule has 9 nitrogen and oxygen atoms in total. The lowest BCUT2D eigenvalue weighted by Crippen LogP contribution is -2.45. The molecular weight excluding hydrogens is 590 g/mol. The summed E-state index contributed by atoms with van der Waals surface area (Å²) in [4.78, 5) is 58.3. The first-order valence-electron chi connectivity index (χ1n) is 16.2. The third kappa shape index (κ3) is 6.76. The highest BCUT2D eigenvalue weighted by molar-refractivity contribution is 6.04. The number of amides is 4. The Morgan fingerprint density at radius 2 is 1.64 bits per heavy atom. The van der Waals surface area contributed by atoms with Crippen molar-refractivity contribution in [3.8, 4) is 0 Å². The molecular formula is C38H41N5O4. The van der Waals surface area contributed by atoms with Crippen LogP contribution in [0.1, 0.15) is 52.4 Å². The quantitative estimate of drug-likeness (QED) is 0.239. The largest absolute Gasteiger partial charge is 0.368 e. The zero-order valence-electron chi connectivity index (χ0n) is 26.9. The molecule has 3 N–H and O–H groups in total. The number of nitrogens with zero attached hydrogens (tertiary/aromatic N) is 3. The monoisotopic (exact) mass is 631 g/mol. The van der Waals surface area contributed by atoms with Crippen LogP contribution in [-0.2, 0) is 26.2 Å². The Morgan fingerprint density at radius 1 is 0.915 bits per heavy atom. The predicted molar refractivity (Wildman–Crippen MR) is 183 cm³/mol. The van der Waals surface area contributed by atoms with Crippen molar-refractivity contribution in [3.63, 3.8) is 0 Å². The first-order chi connectivity index (χ1) is 22.7. The molecule has 1 heterocycles. The van der Waals surface area contributed by atoms with Gasteiger partial charge in [0, 0.05) is 37.3 Å². The first kappa shape index (κ1) is 31.9. The van der Waals surface area contributed by atoms with E-state index in [1.807, 2.05) is 85.7 Å². The summed E-state index contributed by atoms with van der Waals surface area (Å²) in [6.07, 6.45) is 2.15. The summed E-state index contributed by atoms with van der Waals surface area (Å²) in [6.45, 7) is 0.916. The van der Waals surface area contributed by atoms with Crippen molar-refractivity contribution in [1.29, 1.82) is 0 Å². The number of carbonyl (C=O) groups excluding carboxylic acids is 4. The molecule has 6 rings (SSSR count). The van der Waals surface area contributed by atoms with E-state index in [1.54, 1.807) is 11.0 Å². The Labute approximate surface area is 275 Å². The van der Waals surface area contributed by atoms with Crippen LogP contribution in [0.4, 0.5) is 5.69 Å². The van der Waals surface area contributed by atoms with Crippen LogP contribution >= 0.6 is 0 Å². The van der Waals surface area contributed by atoms with Gasteiger partial charge in [0.15, 0.2) is 0 Å². The van der Waals surface area contributed by atoms with Gasteiger partial charge in [-0.1, -0.05) is 78.9 Å². The molecule has 47 heavy (non-hydrogen) atoms. The van der Waals surface area contributed by atoms with Gasteiger partial charge in [-0.3, -0.25) is 19.2 Å². The molecule has 1 fully saturated rings. The van der Waals surface area contributed by atoms with Gasteiger partial charge < -0.3 is 25.8 Å². The molecule has 1 unspecified atom stereocenters. The fourth-order valence-electron chi connectivity index (χ4n) is 6.68. The molecule has 0 spiro atoms.